The van der Waals surface area contributed by atoms with Crippen LogP contribution in [0.3, 0.4) is 0 Å². The van der Waals surface area contributed by atoms with Gasteiger partial charge in [0.15, 0.2) is 0 Å². The maximum atomic E-state index is 12.2. The van der Waals surface area contributed by atoms with Crippen LogP contribution in [0.5, 0.6) is 0 Å². The third-order valence-electron chi connectivity index (χ3n) is 3.54. The van der Waals surface area contributed by atoms with Crippen molar-refractivity contribution < 1.29 is 4.79 Å². The molecular formula is C17H19N7O. The van der Waals surface area contributed by atoms with Crippen molar-refractivity contribution in [2.24, 2.45) is 0 Å². The minimum Gasteiger partial charge on any atom is -0.347 e. The first-order valence-corrected chi connectivity index (χ1v) is 7.88. The summed E-state index contributed by atoms with van der Waals surface area (Å²) in [6.07, 6.45) is 4.03. The smallest absolute Gasteiger partial charge is 0.226 e. The fraction of sp³-hybridized carbons (Fsp3) is 0.235. The number of hydrogen-bond acceptors (Lipinski definition) is 6. The molecule has 3 rings (SSSR count). The van der Waals surface area contributed by atoms with E-state index in [-0.39, 0.29) is 12.3 Å². The van der Waals surface area contributed by atoms with Crippen molar-refractivity contribution in [1.82, 2.24) is 24.7 Å². The van der Waals surface area contributed by atoms with Gasteiger partial charge in [-0.1, -0.05) is 18.2 Å². The van der Waals surface area contributed by atoms with Crippen LogP contribution in [-0.2, 0) is 11.2 Å². The Morgan fingerprint density at radius 2 is 2.00 bits per heavy atom. The van der Waals surface area contributed by atoms with E-state index in [2.05, 4.69) is 25.5 Å². The van der Waals surface area contributed by atoms with Gasteiger partial charge in [-0.2, -0.15) is 4.98 Å². The molecule has 2 heterocycles. The SMILES string of the molecule is CN(C)c1nccc(NC(=O)CCc2nncn2-c2ccccc2)n1. The van der Waals surface area contributed by atoms with Crippen LogP contribution in [0.2, 0.25) is 0 Å². The van der Waals surface area contributed by atoms with Crippen LogP contribution < -0.4 is 10.2 Å². The summed E-state index contributed by atoms with van der Waals surface area (Å²) in [6.45, 7) is 0. The van der Waals surface area contributed by atoms with Crippen LogP contribution in [0.1, 0.15) is 12.2 Å². The molecule has 0 aliphatic rings. The summed E-state index contributed by atoms with van der Waals surface area (Å²) >= 11 is 0. The fourth-order valence-corrected chi connectivity index (χ4v) is 2.30. The van der Waals surface area contributed by atoms with Gasteiger partial charge in [0, 0.05) is 38.8 Å². The molecule has 1 N–H and O–H groups in total. The number of nitrogens with zero attached hydrogens (tertiary/aromatic N) is 6. The minimum atomic E-state index is -0.133. The molecule has 0 saturated carbocycles. The van der Waals surface area contributed by atoms with E-state index in [1.165, 1.54) is 0 Å². The number of nitrogens with one attached hydrogen (secondary N) is 1. The van der Waals surface area contributed by atoms with Crippen LogP contribution in [0.15, 0.2) is 48.9 Å². The molecule has 1 amide bonds. The second kappa shape index (κ2) is 7.52. The Hall–Kier alpha value is -3.29. The van der Waals surface area contributed by atoms with Crippen molar-refractivity contribution in [2.75, 3.05) is 24.3 Å². The fourth-order valence-electron chi connectivity index (χ4n) is 2.30. The van der Waals surface area contributed by atoms with Gasteiger partial charge < -0.3 is 10.2 Å². The highest BCUT2D eigenvalue weighted by Gasteiger charge is 2.10. The van der Waals surface area contributed by atoms with Crippen molar-refractivity contribution in [1.29, 1.82) is 0 Å². The molecule has 0 radical (unpaired) electrons. The third kappa shape index (κ3) is 4.17. The molecule has 0 spiro atoms. The largest absolute Gasteiger partial charge is 0.347 e. The summed E-state index contributed by atoms with van der Waals surface area (Å²) in [5, 5.41) is 10.8. The molecule has 8 heteroatoms. The predicted molar refractivity (Wildman–Crippen MR) is 94.7 cm³/mol. The number of aryl methyl sites for hydroxylation is 1. The van der Waals surface area contributed by atoms with Crippen molar-refractivity contribution in [3.63, 3.8) is 0 Å². The number of rotatable bonds is 6. The lowest BCUT2D eigenvalue weighted by molar-refractivity contribution is -0.116. The molecule has 8 nitrogen and oxygen atoms in total. The molecule has 0 aliphatic heterocycles. The summed E-state index contributed by atoms with van der Waals surface area (Å²) in [5.74, 6) is 1.62. The number of anilines is 2. The number of benzene rings is 1. The highest BCUT2D eigenvalue weighted by Crippen LogP contribution is 2.12. The van der Waals surface area contributed by atoms with E-state index in [0.29, 0.717) is 18.2 Å². The topological polar surface area (TPSA) is 88.8 Å². The van der Waals surface area contributed by atoms with Crippen LogP contribution in [-0.4, -0.2) is 44.7 Å². The number of hydrogen-bond donors (Lipinski definition) is 1. The summed E-state index contributed by atoms with van der Waals surface area (Å²) in [4.78, 5) is 22.4. The number of carbonyl (C=O) groups excluding carboxylic acids is 1. The van der Waals surface area contributed by atoms with Crippen molar-refractivity contribution in [3.05, 3.63) is 54.7 Å². The van der Waals surface area contributed by atoms with E-state index >= 15 is 0 Å². The summed E-state index contributed by atoms with van der Waals surface area (Å²) in [5.41, 5.74) is 0.967. The lowest BCUT2D eigenvalue weighted by Crippen LogP contribution is -2.17. The van der Waals surface area contributed by atoms with E-state index in [0.717, 1.165) is 11.5 Å². The van der Waals surface area contributed by atoms with Gasteiger partial charge in [0.1, 0.15) is 18.0 Å². The maximum Gasteiger partial charge on any atom is 0.226 e. The summed E-state index contributed by atoms with van der Waals surface area (Å²) in [6, 6.07) is 11.4. The monoisotopic (exact) mass is 337 g/mol. The Balaban J connectivity index is 1.62. The van der Waals surface area contributed by atoms with Crippen LogP contribution in [0.25, 0.3) is 5.69 Å². The van der Waals surface area contributed by atoms with Crippen molar-refractivity contribution in [3.8, 4) is 5.69 Å². The van der Waals surface area contributed by atoms with Crippen LogP contribution >= 0.6 is 0 Å². The molecular weight excluding hydrogens is 318 g/mol. The summed E-state index contributed by atoms with van der Waals surface area (Å²) in [7, 11) is 3.69. The van der Waals surface area contributed by atoms with Gasteiger partial charge in [-0.15, -0.1) is 10.2 Å². The Morgan fingerprint density at radius 3 is 2.76 bits per heavy atom. The number of amides is 1. The molecule has 3 aromatic rings. The van der Waals surface area contributed by atoms with E-state index in [1.807, 2.05) is 49.0 Å². The first-order chi connectivity index (χ1) is 12.1. The molecule has 0 aliphatic carbocycles. The molecule has 25 heavy (non-hydrogen) atoms. The molecule has 128 valence electrons. The molecule has 0 unspecified atom stereocenters. The Bertz CT molecular complexity index is 845. The van der Waals surface area contributed by atoms with Gasteiger partial charge >= 0.3 is 0 Å². The molecule has 2 aromatic heterocycles. The minimum absolute atomic E-state index is 0.133. The van der Waals surface area contributed by atoms with E-state index in [1.54, 1.807) is 23.5 Å². The zero-order valence-corrected chi connectivity index (χ0v) is 14.1. The van der Waals surface area contributed by atoms with E-state index < -0.39 is 0 Å². The second-order valence-electron chi connectivity index (χ2n) is 5.64. The zero-order chi connectivity index (χ0) is 17.6. The van der Waals surface area contributed by atoms with E-state index in [4.69, 9.17) is 0 Å². The Labute approximate surface area is 145 Å². The maximum absolute atomic E-state index is 12.2. The Morgan fingerprint density at radius 1 is 1.20 bits per heavy atom. The average Bonchev–Trinajstić information content (AvgIpc) is 3.09. The Kier molecular flexibility index (Phi) is 4.98. The third-order valence-corrected chi connectivity index (χ3v) is 3.54. The quantitative estimate of drug-likeness (QED) is 0.736. The second-order valence-corrected chi connectivity index (χ2v) is 5.64. The number of para-hydroxylation sites is 1. The molecule has 1 aromatic carbocycles. The normalized spacial score (nSPS) is 10.5. The number of aromatic nitrogens is 5. The van der Waals surface area contributed by atoms with Crippen LogP contribution in [0.4, 0.5) is 11.8 Å². The molecule has 0 saturated heterocycles. The predicted octanol–water partition coefficient (Wildman–Crippen LogP) is 1.69. The van der Waals surface area contributed by atoms with Gasteiger partial charge in [-0.05, 0) is 18.2 Å². The first-order valence-electron chi connectivity index (χ1n) is 7.88. The van der Waals surface area contributed by atoms with E-state index in [9.17, 15) is 4.79 Å². The van der Waals surface area contributed by atoms with Gasteiger partial charge in [-0.25, -0.2) is 4.98 Å². The lowest BCUT2D eigenvalue weighted by Gasteiger charge is -2.11. The summed E-state index contributed by atoms with van der Waals surface area (Å²) < 4.78 is 1.88. The first kappa shape index (κ1) is 16.6. The highest BCUT2D eigenvalue weighted by atomic mass is 16.1. The van der Waals surface area contributed by atoms with Crippen LogP contribution in [0, 0.1) is 0 Å². The highest BCUT2D eigenvalue weighted by molar-refractivity contribution is 5.89. The lowest BCUT2D eigenvalue weighted by atomic mass is 10.2. The standard InChI is InChI=1S/C17H19N7O/c1-23(2)17-18-11-10-14(21-17)20-16(25)9-8-15-22-19-12-24(15)13-6-4-3-5-7-13/h3-7,10-12H,8-9H2,1-2H3,(H,18,20,21,25). The van der Waals surface area contributed by atoms with Gasteiger partial charge in [-0.3, -0.25) is 9.36 Å². The van der Waals surface area contributed by atoms with Crippen molar-refractivity contribution >= 4 is 17.7 Å². The molecule has 0 atom stereocenters. The molecule has 0 bridgehead atoms. The zero-order valence-electron chi connectivity index (χ0n) is 14.1. The van der Waals surface area contributed by atoms with Gasteiger partial charge in [0.05, 0.1) is 0 Å². The molecule has 0 fully saturated rings. The van der Waals surface area contributed by atoms with Crippen molar-refractivity contribution in [2.45, 2.75) is 12.8 Å². The van der Waals surface area contributed by atoms with Gasteiger partial charge in [0.2, 0.25) is 11.9 Å². The van der Waals surface area contributed by atoms with Gasteiger partial charge in [0.25, 0.3) is 0 Å². The number of carbonyl (C=O) groups is 1. The average molecular weight is 337 g/mol.